The van der Waals surface area contributed by atoms with Gasteiger partial charge in [0.25, 0.3) is 23.8 Å². The van der Waals surface area contributed by atoms with E-state index in [1.807, 2.05) is 9.36 Å². The van der Waals surface area contributed by atoms with E-state index >= 15 is 0 Å². The number of hydrogen-bond acceptors (Lipinski definition) is 19. The lowest BCUT2D eigenvalue weighted by molar-refractivity contribution is -0.781. The number of carbonyl (C=O) groups is 7. The molecule has 0 aliphatic carbocycles. The van der Waals surface area contributed by atoms with Gasteiger partial charge in [0.2, 0.25) is 6.20 Å². The molecule has 430 valence electrons. The van der Waals surface area contributed by atoms with Gasteiger partial charge >= 0.3 is 34.6 Å². The zero-order valence-electron chi connectivity index (χ0n) is 46.2. The number of alkyl carbamates (subject to hydrolysis) is 1. The summed E-state index contributed by atoms with van der Waals surface area (Å²) in [7, 11) is -5.12. The number of hydroxylamine groups is 2. The lowest BCUT2D eigenvalue weighted by Gasteiger charge is -2.50. The molecule has 2 aliphatic heterocycles. The lowest BCUT2D eigenvalue weighted by Crippen LogP contribution is -2.76. The van der Waals surface area contributed by atoms with E-state index < -0.39 is 105 Å². The van der Waals surface area contributed by atoms with Crippen LogP contribution in [0.4, 0.5) is 25.2 Å². The Morgan fingerprint density at radius 2 is 1.47 bits per heavy atom. The molecule has 4 heterocycles. The zero-order chi connectivity index (χ0) is 58.3. The highest BCUT2D eigenvalue weighted by Crippen LogP contribution is 2.33. The van der Waals surface area contributed by atoms with Gasteiger partial charge in [0.05, 0.1) is 24.2 Å². The van der Waals surface area contributed by atoms with Crippen molar-refractivity contribution in [2.24, 2.45) is 11.1 Å². The van der Waals surface area contributed by atoms with Gasteiger partial charge in [0.1, 0.15) is 52.2 Å². The van der Waals surface area contributed by atoms with Crippen molar-refractivity contribution in [3.63, 3.8) is 0 Å². The molecule has 2 aromatic heterocycles. The number of rotatable bonds is 20. The average Bonchev–Trinajstić information content (AvgIpc) is 3.88. The molecule has 1 aromatic carbocycles. The number of ether oxygens (including phenoxy) is 5. The van der Waals surface area contributed by atoms with E-state index in [-0.39, 0.29) is 28.1 Å². The minimum atomic E-state index is -5.12. The highest BCUT2D eigenvalue weighted by molar-refractivity contribution is 7.80. The number of aryl methyl sites for hydroxylation is 1. The van der Waals surface area contributed by atoms with Crippen LogP contribution in [0.5, 0.6) is 5.75 Å². The molecule has 2 saturated heterocycles. The van der Waals surface area contributed by atoms with Crippen molar-refractivity contribution < 1.29 is 84.0 Å². The Morgan fingerprint density at radius 1 is 0.872 bits per heavy atom. The fourth-order valence-corrected chi connectivity index (χ4v) is 8.38. The molecule has 2 atom stereocenters. The summed E-state index contributed by atoms with van der Waals surface area (Å²) in [5.74, 6) is -3.32. The average molecular weight is 1140 g/mol. The van der Waals surface area contributed by atoms with E-state index in [1.54, 1.807) is 100 Å². The first-order valence-electron chi connectivity index (χ1n) is 24.7. The maximum atomic E-state index is 14.0. The summed E-state index contributed by atoms with van der Waals surface area (Å²) in [6, 6.07) is 4.47. The molecule has 0 radical (unpaired) electrons. The van der Waals surface area contributed by atoms with E-state index in [4.69, 9.17) is 28.5 Å². The van der Waals surface area contributed by atoms with Crippen LogP contribution < -0.4 is 30.7 Å². The second-order valence-corrected chi connectivity index (χ2v) is 24.6. The number of benzene rings is 1. The first-order chi connectivity index (χ1) is 35.8. The number of aromatic nitrogens is 3. The highest BCUT2D eigenvalue weighted by atomic mass is 32.3. The van der Waals surface area contributed by atoms with Crippen LogP contribution in [0.25, 0.3) is 0 Å². The molecule has 2 fully saturated rings. The summed E-state index contributed by atoms with van der Waals surface area (Å²) in [5, 5.41) is 16.1. The predicted octanol–water partition coefficient (Wildman–Crippen LogP) is 4.96. The van der Waals surface area contributed by atoms with Gasteiger partial charge in [-0.1, -0.05) is 5.16 Å². The second-order valence-electron chi connectivity index (χ2n) is 22.7. The van der Waals surface area contributed by atoms with Crippen molar-refractivity contribution in [3.05, 3.63) is 53.3 Å². The number of oxime groups is 1. The van der Waals surface area contributed by atoms with Gasteiger partial charge in [-0.25, -0.2) is 24.2 Å². The van der Waals surface area contributed by atoms with Gasteiger partial charge in [0.15, 0.2) is 17.4 Å². The summed E-state index contributed by atoms with van der Waals surface area (Å²) < 4.78 is 67.9. The minimum Gasteiger partial charge on any atom is -0.489 e. The van der Waals surface area contributed by atoms with Gasteiger partial charge < -0.3 is 49.4 Å². The van der Waals surface area contributed by atoms with E-state index in [9.17, 15) is 46.5 Å². The van der Waals surface area contributed by atoms with Crippen molar-refractivity contribution >= 4 is 80.2 Å². The van der Waals surface area contributed by atoms with E-state index in [1.165, 1.54) is 43.5 Å². The van der Waals surface area contributed by atoms with Crippen LogP contribution in [0.15, 0.2) is 47.2 Å². The van der Waals surface area contributed by atoms with E-state index in [0.717, 1.165) is 11.3 Å². The quantitative estimate of drug-likeness (QED) is 0.0146. The van der Waals surface area contributed by atoms with Gasteiger partial charge in [-0.05, 0) is 128 Å². The molecule has 3 aromatic rings. The monoisotopic (exact) mass is 1140 g/mol. The van der Waals surface area contributed by atoms with Gasteiger partial charge in [-0.3, -0.25) is 24.3 Å². The Morgan fingerprint density at radius 3 is 2.05 bits per heavy atom. The van der Waals surface area contributed by atoms with Crippen molar-refractivity contribution in [2.75, 3.05) is 36.9 Å². The number of amides is 6. The second kappa shape index (κ2) is 24.3. The van der Waals surface area contributed by atoms with Crippen LogP contribution in [0.2, 0.25) is 0 Å². The van der Waals surface area contributed by atoms with Crippen LogP contribution in [0, 0.1) is 5.92 Å². The number of nitrogens with zero attached hydrogens (tertiary/aromatic N) is 6. The van der Waals surface area contributed by atoms with Crippen molar-refractivity contribution in [3.8, 4) is 5.75 Å². The number of anilines is 2. The third-order valence-electron chi connectivity index (χ3n) is 10.6. The van der Waals surface area contributed by atoms with E-state index in [2.05, 4.69) is 35.7 Å². The molecule has 2 aliphatic rings. The van der Waals surface area contributed by atoms with Crippen LogP contribution in [-0.4, -0.2) is 147 Å². The number of esters is 1. The Hall–Kier alpha value is -7.11. The van der Waals surface area contributed by atoms with Crippen LogP contribution >= 0.6 is 11.3 Å². The summed E-state index contributed by atoms with van der Waals surface area (Å²) >= 11 is 0.863. The number of β-lactam (4-membered cyclic amide) rings is 1. The Balaban J connectivity index is 1.31. The number of likely N-dealkylation sites (tertiary alicyclic amines) is 1. The fourth-order valence-electron chi connectivity index (χ4n) is 7.25. The van der Waals surface area contributed by atoms with Crippen LogP contribution in [-0.2, 0) is 65.9 Å². The Labute approximate surface area is 456 Å². The maximum Gasteiger partial charge on any atom is 0.418 e. The number of thiazole rings is 1. The molecule has 1 unspecified atom stereocenters. The third-order valence-corrected chi connectivity index (χ3v) is 11.7. The molecule has 78 heavy (non-hydrogen) atoms. The molecular weight excluding hydrogens is 1060 g/mol. The first kappa shape index (κ1) is 61.7. The first-order valence-corrected chi connectivity index (χ1v) is 26.9. The molecular formula is C49H71N10O17S2+. The van der Waals surface area contributed by atoms with Crippen molar-refractivity contribution in [2.45, 2.75) is 157 Å². The largest absolute Gasteiger partial charge is 0.489 e. The van der Waals surface area contributed by atoms with Crippen molar-refractivity contribution in [1.82, 2.24) is 30.3 Å². The Kier molecular flexibility index (Phi) is 19.2. The SMILES string of the molecule is CC(C)(C)OC(=O)NCCCn1cc(NC(=O)c2ccc(OCC(O/N=C(\C(=O)N[C@@H]3C(=O)N(OS(=O)(=O)O)C3(C)C)c3csc(NC(=O)OC(C)(C)C)n3)C(=O)OC(C)(C)C)cc2)c[n+]1CC1CN(C(=O)OC(C)(C)C)C1. The molecule has 29 heteroatoms. The predicted molar refractivity (Wildman–Crippen MR) is 279 cm³/mol. The zero-order valence-corrected chi connectivity index (χ0v) is 47.8. The summed E-state index contributed by atoms with van der Waals surface area (Å²) in [6.07, 6.45) is 0.608. The van der Waals surface area contributed by atoms with Crippen molar-refractivity contribution in [1.29, 1.82) is 0 Å². The number of carbonyl (C=O) groups excluding carboxylic acids is 7. The standard InChI is InChI=1S/C49H70N10O17S2/c1-45(2,3)71-40(63)34(75-55-35(33-28-77-41(52-33)54-43(65)73-47(7,8)9)38(61)53-36-39(62)59(49(36,13)14)76-78(67,68)69)27-70-32-18-16-30(17-19-32)37(60)51-31-25-57(21-15-20-50-42(64)72-46(4,5)6)58(26-31)24-29-22-56(23-29)44(66)74-48(10,11)12/h16-19,25-26,28-29,34,36H,15,20-24,27H2,1-14H3,(H4-,50,51,52,53,54,60,61,64,65,67,68,69)/p+1/b55-35-/t34?,36-/m1/s1. The molecule has 0 saturated carbocycles. The summed E-state index contributed by atoms with van der Waals surface area (Å²) in [6.45, 7) is 24.9. The Bertz CT molecular complexity index is 2830. The maximum absolute atomic E-state index is 14.0. The van der Waals surface area contributed by atoms with Crippen LogP contribution in [0.1, 0.15) is 119 Å². The van der Waals surface area contributed by atoms with E-state index in [0.29, 0.717) is 49.9 Å². The summed E-state index contributed by atoms with van der Waals surface area (Å²) in [5.41, 5.74) is -4.84. The molecule has 5 rings (SSSR count). The molecule has 6 amide bonds. The van der Waals surface area contributed by atoms with Crippen LogP contribution in [0.3, 0.4) is 0 Å². The van der Waals surface area contributed by atoms with Gasteiger partial charge in [-0.2, -0.15) is 18.2 Å². The molecule has 27 nitrogen and oxygen atoms in total. The fraction of sp³-hybridized carbons (Fsp3) is 0.592. The lowest BCUT2D eigenvalue weighted by atomic mass is 9.84. The van der Waals surface area contributed by atoms with Gasteiger partial charge in [0, 0.05) is 30.6 Å². The minimum absolute atomic E-state index is 0.0428. The normalized spacial score (nSPS) is 16.4. The number of nitrogens with one attached hydrogen (secondary N) is 4. The summed E-state index contributed by atoms with van der Waals surface area (Å²) in [4.78, 5) is 103. The van der Waals surface area contributed by atoms with Gasteiger partial charge in [-0.15, -0.1) is 20.3 Å². The molecule has 0 spiro atoms. The smallest absolute Gasteiger partial charge is 0.418 e. The highest BCUT2D eigenvalue weighted by Gasteiger charge is 2.58. The third kappa shape index (κ3) is 18.8. The molecule has 5 N–H and O–H groups in total. The molecule has 0 bridgehead atoms. The topological polar surface area (TPSA) is 327 Å². The number of hydrogen-bond donors (Lipinski definition) is 5.